The van der Waals surface area contributed by atoms with Gasteiger partial charge in [0.15, 0.2) is 0 Å². The van der Waals surface area contributed by atoms with E-state index in [0.717, 1.165) is 25.8 Å². The van der Waals surface area contributed by atoms with Crippen molar-refractivity contribution in [2.24, 2.45) is 11.8 Å². The number of benzene rings is 1. The maximum atomic E-state index is 13.2. The molecule has 2 bridgehead atoms. The van der Waals surface area contributed by atoms with E-state index in [1.54, 1.807) is 0 Å². The van der Waals surface area contributed by atoms with Crippen LogP contribution in [0, 0.1) is 30.1 Å². The van der Waals surface area contributed by atoms with Crippen LogP contribution in [-0.2, 0) is 9.59 Å². The topological polar surface area (TPSA) is 67.7 Å². The Kier molecular flexibility index (Phi) is 4.62. The molecule has 6 nitrogen and oxygen atoms in total. The van der Waals surface area contributed by atoms with Crippen molar-refractivity contribution in [3.63, 3.8) is 0 Å². The van der Waals surface area contributed by atoms with Crippen LogP contribution in [0.15, 0.2) is 24.3 Å². The third-order valence-corrected chi connectivity index (χ3v) is 7.69. The van der Waals surface area contributed by atoms with Crippen molar-refractivity contribution in [2.75, 3.05) is 13.1 Å². The highest BCUT2D eigenvalue weighted by Gasteiger charge is 2.55. The Balaban J connectivity index is 1.24. The Bertz CT molecular complexity index is 924. The molecule has 0 N–H and O–H groups in total. The van der Waals surface area contributed by atoms with Crippen LogP contribution >= 0.6 is 0 Å². The van der Waals surface area contributed by atoms with Gasteiger partial charge in [0.2, 0.25) is 11.8 Å². The molecule has 1 aromatic rings. The Morgan fingerprint density at radius 3 is 2.77 bits per heavy atom. The van der Waals surface area contributed by atoms with Gasteiger partial charge in [-0.25, -0.2) is 0 Å². The van der Waals surface area contributed by atoms with Gasteiger partial charge in [-0.2, -0.15) is 5.26 Å². The number of nitriles is 1. The monoisotopic (exact) mass is 406 g/mol. The van der Waals surface area contributed by atoms with Gasteiger partial charge in [-0.05, 0) is 44.6 Å². The summed E-state index contributed by atoms with van der Waals surface area (Å²) in [4.78, 5) is 32.4. The molecule has 0 aromatic heterocycles. The Labute approximate surface area is 178 Å². The maximum absolute atomic E-state index is 13.2. The van der Waals surface area contributed by atoms with Gasteiger partial charge in [-0.15, -0.1) is 0 Å². The van der Waals surface area contributed by atoms with E-state index in [4.69, 9.17) is 0 Å². The van der Waals surface area contributed by atoms with E-state index in [1.165, 1.54) is 11.1 Å². The van der Waals surface area contributed by atoms with Crippen molar-refractivity contribution in [3.05, 3.63) is 35.4 Å². The van der Waals surface area contributed by atoms with Gasteiger partial charge in [0, 0.05) is 31.1 Å². The van der Waals surface area contributed by atoms with Crippen molar-refractivity contribution in [2.45, 2.75) is 70.2 Å². The SMILES string of the molecule is Cc1cccc([C@H](C)N2C(=O)[C@H]3CC2CN3C[C@H](C)C(=O)N2C3C[C@H]3C[C@H]2C#N)c1. The summed E-state index contributed by atoms with van der Waals surface area (Å²) >= 11 is 0. The molecule has 5 rings (SSSR count). The summed E-state index contributed by atoms with van der Waals surface area (Å²) in [5.74, 6) is 0.631. The number of carbonyl (C=O) groups excluding carboxylic acids is 2. The summed E-state index contributed by atoms with van der Waals surface area (Å²) in [6, 6.07) is 10.9. The molecule has 3 saturated heterocycles. The molecule has 158 valence electrons. The van der Waals surface area contributed by atoms with Crippen LogP contribution in [0.5, 0.6) is 0 Å². The number of rotatable bonds is 5. The second-order valence-electron chi connectivity index (χ2n) is 9.79. The fourth-order valence-electron chi connectivity index (χ4n) is 6.06. The van der Waals surface area contributed by atoms with Gasteiger partial charge in [0.05, 0.1) is 18.2 Å². The largest absolute Gasteiger partial charge is 0.330 e. The standard InChI is InChI=1S/C24H30N4O2/c1-14-5-4-6-17(7-14)16(3)27-20-10-22(24(27)30)26(13-20)12-15(2)23(29)28-19(11-25)8-18-9-21(18)28/h4-7,15-16,18-22H,8-10,12-13H2,1-3H3/t15-,16-,18+,19-,20?,21?,22+/m0/s1. The minimum Gasteiger partial charge on any atom is -0.330 e. The van der Waals surface area contributed by atoms with Crippen LogP contribution in [-0.4, -0.2) is 63.8 Å². The summed E-state index contributed by atoms with van der Waals surface area (Å²) in [7, 11) is 0. The zero-order valence-corrected chi connectivity index (χ0v) is 18.0. The second kappa shape index (κ2) is 7.09. The molecule has 1 aliphatic carbocycles. The zero-order chi connectivity index (χ0) is 21.2. The number of hydrogen-bond acceptors (Lipinski definition) is 4. The molecule has 4 fully saturated rings. The predicted octanol–water partition coefficient (Wildman–Crippen LogP) is 2.49. The zero-order valence-electron chi connectivity index (χ0n) is 18.0. The number of piperidine rings is 1. The highest BCUT2D eigenvalue weighted by molar-refractivity contribution is 5.86. The van der Waals surface area contributed by atoms with Gasteiger partial charge in [0.25, 0.3) is 0 Å². The number of carbonyl (C=O) groups is 2. The quantitative estimate of drug-likeness (QED) is 0.754. The minimum atomic E-state index is -0.258. The molecule has 2 amide bonds. The number of fused-ring (bicyclic) bond motifs is 3. The van der Waals surface area contributed by atoms with E-state index in [-0.39, 0.29) is 47.9 Å². The van der Waals surface area contributed by atoms with Gasteiger partial charge in [-0.3, -0.25) is 14.5 Å². The fourth-order valence-corrected chi connectivity index (χ4v) is 6.06. The van der Waals surface area contributed by atoms with Crippen molar-refractivity contribution < 1.29 is 9.59 Å². The number of aryl methyl sites for hydroxylation is 1. The van der Waals surface area contributed by atoms with Crippen LogP contribution in [0.3, 0.4) is 0 Å². The Morgan fingerprint density at radius 1 is 1.27 bits per heavy atom. The van der Waals surface area contributed by atoms with E-state index < -0.39 is 0 Å². The number of piperazine rings is 1. The highest BCUT2D eigenvalue weighted by Crippen LogP contribution is 2.48. The summed E-state index contributed by atoms with van der Waals surface area (Å²) in [5.41, 5.74) is 2.39. The third-order valence-electron chi connectivity index (χ3n) is 7.69. The summed E-state index contributed by atoms with van der Waals surface area (Å²) in [6.45, 7) is 7.58. The molecule has 0 radical (unpaired) electrons. The lowest BCUT2D eigenvalue weighted by Crippen LogP contribution is -2.53. The molecule has 0 spiro atoms. The van der Waals surface area contributed by atoms with E-state index >= 15 is 0 Å². The number of amides is 2. The van der Waals surface area contributed by atoms with Crippen molar-refractivity contribution in [3.8, 4) is 6.07 Å². The average Bonchev–Trinajstić information content (AvgIpc) is 3.06. The molecule has 3 aliphatic heterocycles. The third kappa shape index (κ3) is 3.02. The van der Waals surface area contributed by atoms with Crippen molar-refractivity contribution >= 4 is 11.8 Å². The van der Waals surface area contributed by atoms with Crippen LogP contribution in [0.4, 0.5) is 0 Å². The van der Waals surface area contributed by atoms with Gasteiger partial charge >= 0.3 is 0 Å². The smallest absolute Gasteiger partial charge is 0.240 e. The first kappa shape index (κ1) is 19.6. The fraction of sp³-hybridized carbons (Fsp3) is 0.625. The lowest BCUT2D eigenvalue weighted by atomic mass is 10.0. The molecule has 4 aliphatic rings. The number of likely N-dealkylation sites (tertiary alicyclic amines) is 3. The molecule has 2 unspecified atom stereocenters. The summed E-state index contributed by atoms with van der Waals surface area (Å²) < 4.78 is 0. The van der Waals surface area contributed by atoms with E-state index in [0.29, 0.717) is 12.5 Å². The average molecular weight is 407 g/mol. The number of nitrogens with zero attached hydrogens (tertiary/aromatic N) is 4. The van der Waals surface area contributed by atoms with Crippen LogP contribution in [0.25, 0.3) is 0 Å². The molecular formula is C24H30N4O2. The second-order valence-corrected chi connectivity index (χ2v) is 9.79. The molecule has 7 atom stereocenters. The number of hydrogen-bond donors (Lipinski definition) is 0. The van der Waals surface area contributed by atoms with Crippen molar-refractivity contribution in [1.82, 2.24) is 14.7 Å². The first-order valence-corrected chi connectivity index (χ1v) is 11.2. The van der Waals surface area contributed by atoms with Gasteiger partial charge in [0.1, 0.15) is 6.04 Å². The van der Waals surface area contributed by atoms with E-state index in [1.807, 2.05) is 11.8 Å². The minimum absolute atomic E-state index is 0.0707. The predicted molar refractivity (Wildman–Crippen MR) is 112 cm³/mol. The van der Waals surface area contributed by atoms with Crippen LogP contribution in [0.2, 0.25) is 0 Å². The first-order valence-electron chi connectivity index (χ1n) is 11.2. The lowest BCUT2D eigenvalue weighted by molar-refractivity contribution is -0.142. The normalized spacial score (nSPS) is 34.1. The molecule has 1 saturated carbocycles. The lowest BCUT2D eigenvalue weighted by Gasteiger charge is -2.38. The Hall–Kier alpha value is -2.39. The summed E-state index contributed by atoms with van der Waals surface area (Å²) in [5, 5.41) is 9.40. The highest BCUT2D eigenvalue weighted by atomic mass is 16.2. The summed E-state index contributed by atoms with van der Waals surface area (Å²) in [6.07, 6.45) is 2.73. The van der Waals surface area contributed by atoms with Crippen LogP contribution in [0.1, 0.15) is 50.3 Å². The molecular weight excluding hydrogens is 376 g/mol. The maximum Gasteiger partial charge on any atom is 0.240 e. The van der Waals surface area contributed by atoms with Crippen LogP contribution < -0.4 is 0 Å². The van der Waals surface area contributed by atoms with E-state index in [9.17, 15) is 14.9 Å². The molecule has 30 heavy (non-hydrogen) atoms. The van der Waals surface area contributed by atoms with E-state index in [2.05, 4.69) is 54.0 Å². The van der Waals surface area contributed by atoms with Gasteiger partial charge < -0.3 is 9.80 Å². The first-order chi connectivity index (χ1) is 14.4. The molecule has 3 heterocycles. The molecule has 6 heteroatoms. The van der Waals surface area contributed by atoms with Gasteiger partial charge in [-0.1, -0.05) is 36.8 Å². The Morgan fingerprint density at radius 2 is 2.07 bits per heavy atom. The molecule has 1 aromatic carbocycles. The van der Waals surface area contributed by atoms with Crippen molar-refractivity contribution in [1.29, 1.82) is 5.26 Å².